The van der Waals surface area contributed by atoms with Crippen LogP contribution in [0, 0.1) is 0 Å². The highest BCUT2D eigenvalue weighted by Crippen LogP contribution is 2.26. The summed E-state index contributed by atoms with van der Waals surface area (Å²) >= 11 is 0. The standard InChI is InChI=1S/C12H10N4/c13-10-3-1-2-8(4-10)11-7-14-5-9-6-15-16-12(9)11/h1-7H,13H2,(H,15,16). The summed E-state index contributed by atoms with van der Waals surface area (Å²) in [6.45, 7) is 0. The highest BCUT2D eigenvalue weighted by atomic mass is 15.1. The molecule has 0 spiro atoms. The van der Waals surface area contributed by atoms with Crippen LogP contribution in [0.25, 0.3) is 22.0 Å². The van der Waals surface area contributed by atoms with Crippen molar-refractivity contribution in [1.29, 1.82) is 0 Å². The Morgan fingerprint density at radius 2 is 2.06 bits per heavy atom. The minimum atomic E-state index is 0.744. The molecule has 0 fully saturated rings. The first-order valence-corrected chi connectivity index (χ1v) is 4.97. The molecular formula is C12H10N4. The van der Waals surface area contributed by atoms with E-state index in [0.29, 0.717) is 0 Å². The number of H-pyrrole nitrogens is 1. The topological polar surface area (TPSA) is 67.6 Å². The molecule has 3 aromatic rings. The minimum Gasteiger partial charge on any atom is -0.399 e. The van der Waals surface area contributed by atoms with Gasteiger partial charge in [0.25, 0.3) is 0 Å². The van der Waals surface area contributed by atoms with E-state index in [9.17, 15) is 0 Å². The summed E-state index contributed by atoms with van der Waals surface area (Å²) in [6, 6.07) is 7.73. The summed E-state index contributed by atoms with van der Waals surface area (Å²) in [5.74, 6) is 0. The number of rotatable bonds is 1. The van der Waals surface area contributed by atoms with Gasteiger partial charge in [0.05, 0.1) is 11.7 Å². The number of hydrogen-bond donors (Lipinski definition) is 2. The second-order valence-corrected chi connectivity index (χ2v) is 3.65. The van der Waals surface area contributed by atoms with Gasteiger partial charge in [-0.25, -0.2) is 0 Å². The van der Waals surface area contributed by atoms with Gasteiger partial charge in [-0.2, -0.15) is 5.10 Å². The molecule has 0 atom stereocenters. The van der Waals surface area contributed by atoms with Crippen LogP contribution in [-0.2, 0) is 0 Å². The Hall–Kier alpha value is -2.36. The largest absolute Gasteiger partial charge is 0.399 e. The normalized spacial score (nSPS) is 10.8. The lowest BCUT2D eigenvalue weighted by Gasteiger charge is -2.03. The van der Waals surface area contributed by atoms with Gasteiger partial charge in [-0.05, 0) is 17.7 Å². The summed E-state index contributed by atoms with van der Waals surface area (Å²) in [7, 11) is 0. The van der Waals surface area contributed by atoms with E-state index in [0.717, 1.165) is 27.7 Å². The van der Waals surface area contributed by atoms with Gasteiger partial charge in [-0.15, -0.1) is 0 Å². The molecule has 16 heavy (non-hydrogen) atoms. The molecule has 2 heterocycles. The zero-order valence-electron chi connectivity index (χ0n) is 8.51. The average molecular weight is 210 g/mol. The Bertz CT molecular complexity index is 642. The van der Waals surface area contributed by atoms with Crippen molar-refractivity contribution in [1.82, 2.24) is 15.2 Å². The predicted molar refractivity (Wildman–Crippen MR) is 63.7 cm³/mol. The Balaban J connectivity index is 2.29. The average Bonchev–Trinajstić information content (AvgIpc) is 2.76. The third-order valence-electron chi connectivity index (χ3n) is 2.55. The second kappa shape index (κ2) is 3.34. The maximum atomic E-state index is 5.77. The molecule has 4 heteroatoms. The van der Waals surface area contributed by atoms with Crippen LogP contribution in [0.4, 0.5) is 5.69 Å². The van der Waals surface area contributed by atoms with E-state index in [2.05, 4.69) is 15.2 Å². The molecule has 0 saturated carbocycles. The number of pyridine rings is 1. The van der Waals surface area contributed by atoms with Gasteiger partial charge in [0, 0.05) is 29.0 Å². The van der Waals surface area contributed by atoms with E-state index >= 15 is 0 Å². The Kier molecular flexibility index (Phi) is 1.86. The third kappa shape index (κ3) is 1.32. The SMILES string of the molecule is Nc1cccc(-c2cncc3cn[nH]c23)c1. The molecular weight excluding hydrogens is 200 g/mol. The number of nitrogen functional groups attached to an aromatic ring is 1. The van der Waals surface area contributed by atoms with Crippen LogP contribution >= 0.6 is 0 Å². The fourth-order valence-corrected chi connectivity index (χ4v) is 1.79. The zero-order chi connectivity index (χ0) is 11.0. The van der Waals surface area contributed by atoms with Crippen molar-refractivity contribution in [2.24, 2.45) is 0 Å². The molecule has 0 aliphatic heterocycles. The number of nitrogens with one attached hydrogen (secondary N) is 1. The van der Waals surface area contributed by atoms with Crippen molar-refractivity contribution in [3.05, 3.63) is 42.9 Å². The van der Waals surface area contributed by atoms with E-state index in [1.807, 2.05) is 30.5 Å². The number of benzene rings is 1. The highest BCUT2D eigenvalue weighted by molar-refractivity contribution is 5.92. The maximum absolute atomic E-state index is 5.77. The van der Waals surface area contributed by atoms with Crippen LogP contribution in [0.3, 0.4) is 0 Å². The second-order valence-electron chi connectivity index (χ2n) is 3.65. The summed E-state index contributed by atoms with van der Waals surface area (Å²) in [5, 5.41) is 7.99. The van der Waals surface area contributed by atoms with E-state index in [1.165, 1.54) is 0 Å². The number of nitrogens with two attached hydrogens (primary N) is 1. The predicted octanol–water partition coefficient (Wildman–Crippen LogP) is 2.21. The fourth-order valence-electron chi connectivity index (χ4n) is 1.79. The molecule has 78 valence electrons. The van der Waals surface area contributed by atoms with Gasteiger partial charge < -0.3 is 5.73 Å². The number of anilines is 1. The van der Waals surface area contributed by atoms with Gasteiger partial charge in [0.1, 0.15) is 0 Å². The van der Waals surface area contributed by atoms with Crippen molar-refractivity contribution < 1.29 is 0 Å². The molecule has 0 saturated heterocycles. The summed E-state index contributed by atoms with van der Waals surface area (Å²) < 4.78 is 0. The lowest BCUT2D eigenvalue weighted by molar-refractivity contribution is 1.12. The van der Waals surface area contributed by atoms with Gasteiger partial charge in [0.15, 0.2) is 0 Å². The summed E-state index contributed by atoms with van der Waals surface area (Å²) in [5.41, 5.74) is 9.56. The van der Waals surface area contributed by atoms with Crippen LogP contribution in [0.5, 0.6) is 0 Å². The molecule has 3 N–H and O–H groups in total. The van der Waals surface area contributed by atoms with E-state index < -0.39 is 0 Å². The van der Waals surface area contributed by atoms with Crippen LogP contribution < -0.4 is 5.73 Å². The lowest BCUT2D eigenvalue weighted by atomic mass is 10.1. The van der Waals surface area contributed by atoms with Crippen molar-refractivity contribution in [3.8, 4) is 11.1 Å². The first kappa shape index (κ1) is 8.91. The molecule has 3 rings (SSSR count). The Morgan fingerprint density at radius 3 is 2.94 bits per heavy atom. The van der Waals surface area contributed by atoms with Gasteiger partial charge in [-0.3, -0.25) is 10.1 Å². The molecule has 4 nitrogen and oxygen atoms in total. The fraction of sp³-hybridized carbons (Fsp3) is 0. The van der Waals surface area contributed by atoms with E-state index in [-0.39, 0.29) is 0 Å². The first-order valence-electron chi connectivity index (χ1n) is 4.97. The summed E-state index contributed by atoms with van der Waals surface area (Å²) in [4.78, 5) is 4.19. The molecule has 2 aromatic heterocycles. The number of fused-ring (bicyclic) bond motifs is 1. The monoisotopic (exact) mass is 210 g/mol. The third-order valence-corrected chi connectivity index (χ3v) is 2.55. The highest BCUT2D eigenvalue weighted by Gasteiger charge is 2.05. The zero-order valence-corrected chi connectivity index (χ0v) is 8.51. The molecule has 0 radical (unpaired) electrons. The molecule has 0 aliphatic carbocycles. The van der Waals surface area contributed by atoms with E-state index in [4.69, 9.17) is 5.73 Å². The van der Waals surface area contributed by atoms with Crippen molar-refractivity contribution in [2.75, 3.05) is 5.73 Å². The van der Waals surface area contributed by atoms with Crippen molar-refractivity contribution >= 4 is 16.6 Å². The Morgan fingerprint density at radius 1 is 1.12 bits per heavy atom. The number of aromatic amines is 1. The first-order chi connectivity index (χ1) is 7.84. The smallest absolute Gasteiger partial charge is 0.0759 e. The summed E-state index contributed by atoms with van der Waals surface area (Å²) in [6.07, 6.45) is 5.36. The van der Waals surface area contributed by atoms with E-state index in [1.54, 1.807) is 12.4 Å². The molecule has 0 aliphatic rings. The quantitative estimate of drug-likeness (QED) is 0.605. The van der Waals surface area contributed by atoms with Crippen molar-refractivity contribution in [3.63, 3.8) is 0 Å². The number of hydrogen-bond acceptors (Lipinski definition) is 3. The molecule has 0 bridgehead atoms. The van der Waals surface area contributed by atoms with Crippen LogP contribution in [-0.4, -0.2) is 15.2 Å². The van der Waals surface area contributed by atoms with Crippen molar-refractivity contribution in [2.45, 2.75) is 0 Å². The van der Waals surface area contributed by atoms with Crippen LogP contribution in [0.1, 0.15) is 0 Å². The maximum Gasteiger partial charge on any atom is 0.0759 e. The number of aromatic nitrogens is 3. The molecule has 1 aromatic carbocycles. The van der Waals surface area contributed by atoms with Gasteiger partial charge in [0.2, 0.25) is 0 Å². The number of nitrogens with zero attached hydrogens (tertiary/aromatic N) is 2. The van der Waals surface area contributed by atoms with Crippen LogP contribution in [0.2, 0.25) is 0 Å². The lowest BCUT2D eigenvalue weighted by Crippen LogP contribution is -1.87. The van der Waals surface area contributed by atoms with Crippen LogP contribution in [0.15, 0.2) is 42.9 Å². The molecule has 0 unspecified atom stereocenters. The minimum absolute atomic E-state index is 0.744. The van der Waals surface area contributed by atoms with Gasteiger partial charge in [-0.1, -0.05) is 12.1 Å². The molecule has 0 amide bonds. The van der Waals surface area contributed by atoms with Gasteiger partial charge >= 0.3 is 0 Å². The Labute approximate surface area is 92.1 Å².